The lowest BCUT2D eigenvalue weighted by Gasteiger charge is -1.95. The SMILES string of the molecule is CCc1cc(C2CC2)n(C)n1. The van der Waals surface area contributed by atoms with E-state index >= 15 is 0 Å². The van der Waals surface area contributed by atoms with Crippen LogP contribution in [0.25, 0.3) is 0 Å². The molecule has 1 heterocycles. The maximum Gasteiger partial charge on any atom is 0.0624 e. The summed E-state index contributed by atoms with van der Waals surface area (Å²) in [6.45, 7) is 2.15. The zero-order valence-electron chi connectivity index (χ0n) is 7.17. The first kappa shape index (κ1) is 6.89. The van der Waals surface area contributed by atoms with E-state index in [-0.39, 0.29) is 0 Å². The van der Waals surface area contributed by atoms with Gasteiger partial charge in [0, 0.05) is 18.7 Å². The number of hydrogen-bond acceptors (Lipinski definition) is 1. The molecule has 0 atom stereocenters. The minimum atomic E-state index is 0.827. The molecule has 0 unspecified atom stereocenters. The molecule has 1 aliphatic rings. The highest BCUT2D eigenvalue weighted by Gasteiger charge is 2.26. The second kappa shape index (κ2) is 2.36. The van der Waals surface area contributed by atoms with Gasteiger partial charge in [-0.2, -0.15) is 5.10 Å². The quantitative estimate of drug-likeness (QED) is 0.629. The van der Waals surface area contributed by atoms with Crippen LogP contribution in [0.1, 0.15) is 37.1 Å². The molecule has 0 bridgehead atoms. The number of aromatic nitrogens is 2. The predicted molar refractivity (Wildman–Crippen MR) is 44.6 cm³/mol. The fourth-order valence-electron chi connectivity index (χ4n) is 1.48. The minimum Gasteiger partial charge on any atom is -0.272 e. The third-order valence-corrected chi connectivity index (χ3v) is 2.32. The molecule has 1 aromatic rings. The Hall–Kier alpha value is -0.790. The summed E-state index contributed by atoms with van der Waals surface area (Å²) in [5.74, 6) is 0.827. The Labute approximate surface area is 67.2 Å². The van der Waals surface area contributed by atoms with Crippen molar-refractivity contribution in [3.05, 3.63) is 17.5 Å². The molecule has 2 nitrogen and oxygen atoms in total. The van der Waals surface area contributed by atoms with Crippen LogP contribution in [-0.2, 0) is 13.5 Å². The van der Waals surface area contributed by atoms with Gasteiger partial charge < -0.3 is 0 Å². The Morgan fingerprint density at radius 1 is 1.64 bits per heavy atom. The van der Waals surface area contributed by atoms with Crippen molar-refractivity contribution in [1.82, 2.24) is 9.78 Å². The smallest absolute Gasteiger partial charge is 0.0624 e. The first-order valence-electron chi connectivity index (χ1n) is 4.34. The van der Waals surface area contributed by atoms with Crippen LogP contribution in [-0.4, -0.2) is 9.78 Å². The molecule has 0 radical (unpaired) electrons. The normalized spacial score (nSPS) is 17.3. The van der Waals surface area contributed by atoms with Gasteiger partial charge in [0.15, 0.2) is 0 Å². The van der Waals surface area contributed by atoms with Gasteiger partial charge in [-0.1, -0.05) is 6.92 Å². The molecule has 60 valence electrons. The fraction of sp³-hybridized carbons (Fsp3) is 0.667. The Morgan fingerprint density at radius 3 is 2.82 bits per heavy atom. The molecule has 11 heavy (non-hydrogen) atoms. The molecule has 1 aromatic heterocycles. The summed E-state index contributed by atoms with van der Waals surface area (Å²) >= 11 is 0. The van der Waals surface area contributed by atoms with E-state index in [1.165, 1.54) is 24.2 Å². The lowest BCUT2D eigenvalue weighted by Crippen LogP contribution is -1.95. The Bertz CT molecular complexity index is 259. The monoisotopic (exact) mass is 150 g/mol. The molecule has 0 saturated heterocycles. The van der Waals surface area contributed by atoms with Crippen LogP contribution in [0.3, 0.4) is 0 Å². The Morgan fingerprint density at radius 2 is 2.36 bits per heavy atom. The van der Waals surface area contributed by atoms with Crippen LogP contribution in [0.4, 0.5) is 0 Å². The largest absolute Gasteiger partial charge is 0.272 e. The summed E-state index contributed by atoms with van der Waals surface area (Å²) < 4.78 is 2.04. The summed E-state index contributed by atoms with van der Waals surface area (Å²) in [6.07, 6.45) is 3.78. The molecule has 0 aliphatic heterocycles. The molecule has 0 spiro atoms. The van der Waals surface area contributed by atoms with E-state index in [4.69, 9.17) is 0 Å². The minimum absolute atomic E-state index is 0.827. The van der Waals surface area contributed by atoms with Crippen molar-refractivity contribution < 1.29 is 0 Å². The lowest BCUT2D eigenvalue weighted by atomic mass is 10.2. The second-order valence-electron chi connectivity index (χ2n) is 3.31. The highest BCUT2D eigenvalue weighted by molar-refractivity contribution is 5.18. The Balaban J connectivity index is 2.30. The van der Waals surface area contributed by atoms with Gasteiger partial charge in [0.25, 0.3) is 0 Å². The summed E-state index contributed by atoms with van der Waals surface area (Å²) in [6, 6.07) is 2.25. The highest BCUT2D eigenvalue weighted by Crippen LogP contribution is 2.39. The van der Waals surface area contributed by atoms with Gasteiger partial charge in [-0.3, -0.25) is 4.68 Å². The van der Waals surface area contributed by atoms with Gasteiger partial charge in [-0.05, 0) is 25.3 Å². The summed E-state index contributed by atoms with van der Waals surface area (Å²) in [5.41, 5.74) is 2.66. The number of hydrogen-bond donors (Lipinski definition) is 0. The number of rotatable bonds is 2. The first-order valence-corrected chi connectivity index (χ1v) is 4.34. The van der Waals surface area contributed by atoms with Crippen LogP contribution in [0.15, 0.2) is 6.07 Å². The van der Waals surface area contributed by atoms with Crippen molar-refractivity contribution in [2.45, 2.75) is 32.1 Å². The van der Waals surface area contributed by atoms with Crippen molar-refractivity contribution in [3.8, 4) is 0 Å². The van der Waals surface area contributed by atoms with E-state index in [1.54, 1.807) is 0 Å². The molecule has 2 heteroatoms. The predicted octanol–water partition coefficient (Wildman–Crippen LogP) is 1.86. The average Bonchev–Trinajstić information content (AvgIpc) is 2.76. The summed E-state index contributed by atoms with van der Waals surface area (Å²) in [7, 11) is 2.05. The maximum absolute atomic E-state index is 4.41. The van der Waals surface area contributed by atoms with Crippen LogP contribution in [0.5, 0.6) is 0 Å². The number of aryl methyl sites for hydroxylation is 2. The molecule has 0 aromatic carbocycles. The highest BCUT2D eigenvalue weighted by atomic mass is 15.3. The molecule has 1 saturated carbocycles. The molecule has 0 N–H and O–H groups in total. The van der Waals surface area contributed by atoms with Gasteiger partial charge >= 0.3 is 0 Å². The van der Waals surface area contributed by atoms with E-state index in [0.717, 1.165) is 12.3 Å². The van der Waals surface area contributed by atoms with Crippen LogP contribution in [0, 0.1) is 0 Å². The van der Waals surface area contributed by atoms with Crippen LogP contribution in [0.2, 0.25) is 0 Å². The first-order chi connectivity index (χ1) is 5.31. The maximum atomic E-state index is 4.41. The third kappa shape index (κ3) is 1.17. The van der Waals surface area contributed by atoms with Crippen LogP contribution >= 0.6 is 0 Å². The summed E-state index contributed by atoms with van der Waals surface area (Å²) in [5, 5.41) is 4.41. The summed E-state index contributed by atoms with van der Waals surface area (Å²) in [4.78, 5) is 0. The molecular formula is C9H14N2. The van der Waals surface area contributed by atoms with Crippen molar-refractivity contribution >= 4 is 0 Å². The third-order valence-electron chi connectivity index (χ3n) is 2.32. The standard InChI is InChI=1S/C9H14N2/c1-3-8-6-9(7-4-5-7)11(2)10-8/h6-7H,3-5H2,1-2H3. The van der Waals surface area contributed by atoms with Gasteiger partial charge in [0.2, 0.25) is 0 Å². The van der Waals surface area contributed by atoms with E-state index in [0.29, 0.717) is 0 Å². The van der Waals surface area contributed by atoms with Crippen molar-refractivity contribution in [2.24, 2.45) is 7.05 Å². The van der Waals surface area contributed by atoms with E-state index in [9.17, 15) is 0 Å². The lowest BCUT2D eigenvalue weighted by molar-refractivity contribution is 0.701. The van der Waals surface area contributed by atoms with E-state index < -0.39 is 0 Å². The van der Waals surface area contributed by atoms with Crippen LogP contribution < -0.4 is 0 Å². The molecule has 0 amide bonds. The number of nitrogens with zero attached hydrogens (tertiary/aromatic N) is 2. The zero-order chi connectivity index (χ0) is 7.84. The van der Waals surface area contributed by atoms with Crippen molar-refractivity contribution in [3.63, 3.8) is 0 Å². The second-order valence-corrected chi connectivity index (χ2v) is 3.31. The fourth-order valence-corrected chi connectivity index (χ4v) is 1.48. The topological polar surface area (TPSA) is 17.8 Å². The van der Waals surface area contributed by atoms with Gasteiger partial charge in [0.05, 0.1) is 5.69 Å². The average molecular weight is 150 g/mol. The Kier molecular flexibility index (Phi) is 1.48. The molecular weight excluding hydrogens is 136 g/mol. The molecule has 1 fully saturated rings. The molecule has 1 aliphatic carbocycles. The zero-order valence-corrected chi connectivity index (χ0v) is 7.17. The van der Waals surface area contributed by atoms with E-state index in [1.807, 2.05) is 11.7 Å². The van der Waals surface area contributed by atoms with Gasteiger partial charge in [-0.15, -0.1) is 0 Å². The van der Waals surface area contributed by atoms with Crippen molar-refractivity contribution in [1.29, 1.82) is 0 Å². The van der Waals surface area contributed by atoms with Gasteiger partial charge in [0.1, 0.15) is 0 Å². The molecule has 2 rings (SSSR count). The van der Waals surface area contributed by atoms with Gasteiger partial charge in [-0.25, -0.2) is 0 Å². The van der Waals surface area contributed by atoms with Crippen molar-refractivity contribution in [2.75, 3.05) is 0 Å². The van der Waals surface area contributed by atoms with E-state index in [2.05, 4.69) is 18.1 Å².